The lowest BCUT2D eigenvalue weighted by Crippen LogP contribution is -2.37. The van der Waals surface area contributed by atoms with E-state index < -0.39 is 0 Å². The Morgan fingerprint density at radius 2 is 2.19 bits per heavy atom. The van der Waals surface area contributed by atoms with E-state index in [0.717, 1.165) is 13.0 Å². The Hall–Kier alpha value is -1.75. The largest absolute Gasteiger partial charge is 0.480 e. The molecule has 0 bridgehead atoms. The number of likely N-dealkylation sites (tertiary alicyclic amines) is 1. The maximum Gasteiger partial charge on any atom is 0.344 e. The van der Waals surface area contributed by atoms with Crippen molar-refractivity contribution in [2.24, 2.45) is 0 Å². The molecule has 5 nitrogen and oxygen atoms in total. The number of nitrogens with zero attached hydrogens (tertiary/aromatic N) is 1. The third kappa shape index (κ3) is 4.93. The fourth-order valence-electron chi connectivity index (χ4n) is 2.61. The van der Waals surface area contributed by atoms with E-state index in [-0.39, 0.29) is 12.6 Å². The summed E-state index contributed by atoms with van der Waals surface area (Å²) >= 11 is 0. The molecule has 21 heavy (non-hydrogen) atoms. The van der Waals surface area contributed by atoms with Gasteiger partial charge in [-0.05, 0) is 45.0 Å². The normalized spacial score (nSPS) is 19.2. The van der Waals surface area contributed by atoms with Crippen molar-refractivity contribution < 1.29 is 14.3 Å². The molecule has 1 aromatic rings. The van der Waals surface area contributed by atoms with Crippen LogP contribution in [0.25, 0.3) is 0 Å². The molecule has 0 spiro atoms. The Labute approximate surface area is 126 Å². The molecule has 5 heteroatoms. The monoisotopic (exact) mass is 292 g/mol. The Bertz CT molecular complexity index is 465. The summed E-state index contributed by atoms with van der Waals surface area (Å²) < 4.78 is 10.6. The molecule has 1 aliphatic heterocycles. The van der Waals surface area contributed by atoms with Crippen LogP contribution in [-0.2, 0) is 9.53 Å². The van der Waals surface area contributed by atoms with Gasteiger partial charge in [0.15, 0.2) is 6.61 Å². The van der Waals surface area contributed by atoms with Crippen LogP contribution in [0, 0.1) is 0 Å². The highest BCUT2D eigenvalue weighted by molar-refractivity contribution is 5.71. The van der Waals surface area contributed by atoms with Gasteiger partial charge in [0.25, 0.3) is 0 Å². The molecular weight excluding hydrogens is 268 g/mol. The van der Waals surface area contributed by atoms with E-state index in [9.17, 15) is 4.79 Å². The molecule has 1 unspecified atom stereocenters. The van der Waals surface area contributed by atoms with Crippen LogP contribution < -0.4 is 10.5 Å². The molecule has 0 radical (unpaired) electrons. The van der Waals surface area contributed by atoms with E-state index in [4.69, 9.17) is 15.2 Å². The second-order valence-electron chi connectivity index (χ2n) is 5.47. The van der Waals surface area contributed by atoms with Crippen LogP contribution in [0.4, 0.5) is 5.69 Å². The third-order valence-electron chi connectivity index (χ3n) is 3.90. The maximum absolute atomic E-state index is 11.6. The summed E-state index contributed by atoms with van der Waals surface area (Å²) in [5.74, 6) is 0.165. The minimum Gasteiger partial charge on any atom is -0.480 e. The summed E-state index contributed by atoms with van der Waals surface area (Å²) in [4.78, 5) is 14.0. The number of nitrogen functional groups attached to an aromatic ring is 1. The van der Waals surface area contributed by atoms with E-state index >= 15 is 0 Å². The first-order chi connectivity index (χ1) is 10.2. The Morgan fingerprint density at radius 3 is 2.95 bits per heavy atom. The van der Waals surface area contributed by atoms with Crippen molar-refractivity contribution in [2.45, 2.75) is 31.7 Å². The Balaban J connectivity index is 1.65. The highest BCUT2D eigenvalue weighted by Gasteiger charge is 2.19. The standard InChI is InChI=1S/C16H24N2O3/c1-18-10-5-4-6-13(18)9-11-20-16(19)12-21-15-8-3-2-7-14(15)17/h2-3,7-8,13H,4-6,9-12,17H2,1H3. The average molecular weight is 292 g/mol. The number of esters is 1. The van der Waals surface area contributed by atoms with Crippen molar-refractivity contribution in [1.29, 1.82) is 0 Å². The van der Waals surface area contributed by atoms with Crippen LogP contribution in [-0.4, -0.2) is 43.7 Å². The number of benzene rings is 1. The summed E-state index contributed by atoms with van der Waals surface area (Å²) in [7, 11) is 2.13. The molecule has 0 amide bonds. The van der Waals surface area contributed by atoms with Gasteiger partial charge in [0.05, 0.1) is 12.3 Å². The first kappa shape index (κ1) is 15.6. The van der Waals surface area contributed by atoms with Crippen LogP contribution in [0.1, 0.15) is 25.7 Å². The second kappa shape index (κ2) is 7.88. The van der Waals surface area contributed by atoms with Crippen molar-refractivity contribution in [3.8, 4) is 5.75 Å². The number of ether oxygens (including phenoxy) is 2. The lowest BCUT2D eigenvalue weighted by molar-refractivity contribution is -0.146. The van der Waals surface area contributed by atoms with Crippen molar-refractivity contribution in [3.05, 3.63) is 24.3 Å². The minimum absolute atomic E-state index is 0.102. The van der Waals surface area contributed by atoms with Gasteiger partial charge in [-0.2, -0.15) is 0 Å². The van der Waals surface area contributed by atoms with Crippen LogP contribution in [0.3, 0.4) is 0 Å². The molecule has 1 aliphatic rings. The Morgan fingerprint density at radius 1 is 1.38 bits per heavy atom. The van der Waals surface area contributed by atoms with Crippen molar-refractivity contribution in [3.63, 3.8) is 0 Å². The smallest absolute Gasteiger partial charge is 0.344 e. The molecule has 0 aromatic heterocycles. The highest BCUT2D eigenvalue weighted by Crippen LogP contribution is 2.20. The quantitative estimate of drug-likeness (QED) is 0.642. The van der Waals surface area contributed by atoms with Gasteiger partial charge in [0.1, 0.15) is 5.75 Å². The number of nitrogens with two attached hydrogens (primary N) is 1. The molecule has 116 valence electrons. The van der Waals surface area contributed by atoms with Gasteiger partial charge >= 0.3 is 5.97 Å². The zero-order valence-electron chi connectivity index (χ0n) is 12.6. The number of anilines is 1. The van der Waals surface area contributed by atoms with Crippen LogP contribution in [0.15, 0.2) is 24.3 Å². The summed E-state index contributed by atoms with van der Waals surface area (Å²) in [6.45, 7) is 1.48. The van der Waals surface area contributed by atoms with Gasteiger partial charge in [-0.25, -0.2) is 4.79 Å². The number of para-hydroxylation sites is 2. The lowest BCUT2D eigenvalue weighted by atomic mass is 10.0. The zero-order chi connectivity index (χ0) is 15.1. The van der Waals surface area contributed by atoms with Gasteiger partial charge in [-0.3, -0.25) is 0 Å². The minimum atomic E-state index is -0.350. The van der Waals surface area contributed by atoms with Gasteiger partial charge < -0.3 is 20.1 Å². The first-order valence-corrected chi connectivity index (χ1v) is 7.50. The molecule has 2 rings (SSSR count). The van der Waals surface area contributed by atoms with Gasteiger partial charge in [-0.15, -0.1) is 0 Å². The molecule has 2 N–H and O–H groups in total. The van der Waals surface area contributed by atoms with Crippen LogP contribution in [0.2, 0.25) is 0 Å². The van der Waals surface area contributed by atoms with Crippen molar-refractivity contribution in [1.82, 2.24) is 4.90 Å². The molecule has 1 fully saturated rings. The summed E-state index contributed by atoms with van der Waals surface area (Å²) in [5.41, 5.74) is 6.26. The SMILES string of the molecule is CN1CCCCC1CCOC(=O)COc1ccccc1N. The lowest BCUT2D eigenvalue weighted by Gasteiger charge is -2.32. The molecule has 0 saturated carbocycles. The fourth-order valence-corrected chi connectivity index (χ4v) is 2.61. The second-order valence-corrected chi connectivity index (χ2v) is 5.47. The molecular formula is C16H24N2O3. The van der Waals surface area contributed by atoms with Crippen molar-refractivity contribution in [2.75, 3.05) is 32.5 Å². The van der Waals surface area contributed by atoms with E-state index in [1.807, 2.05) is 12.1 Å². The third-order valence-corrected chi connectivity index (χ3v) is 3.90. The van der Waals surface area contributed by atoms with Crippen LogP contribution in [0.5, 0.6) is 5.75 Å². The van der Waals surface area contributed by atoms with E-state index in [1.165, 1.54) is 19.3 Å². The Kier molecular flexibility index (Phi) is 5.87. The van der Waals surface area contributed by atoms with E-state index in [1.54, 1.807) is 12.1 Å². The molecule has 1 heterocycles. The summed E-state index contributed by atoms with van der Waals surface area (Å²) in [6.07, 6.45) is 4.60. The topological polar surface area (TPSA) is 64.8 Å². The predicted octanol–water partition coefficient (Wildman–Crippen LogP) is 2.07. The highest BCUT2D eigenvalue weighted by atomic mass is 16.6. The van der Waals surface area contributed by atoms with E-state index in [2.05, 4.69) is 11.9 Å². The number of rotatable bonds is 6. The zero-order valence-corrected chi connectivity index (χ0v) is 12.6. The number of hydrogen-bond donors (Lipinski definition) is 1. The predicted molar refractivity (Wildman–Crippen MR) is 82.2 cm³/mol. The van der Waals surface area contributed by atoms with Gasteiger partial charge in [-0.1, -0.05) is 18.6 Å². The van der Waals surface area contributed by atoms with E-state index in [0.29, 0.717) is 24.1 Å². The molecule has 1 aromatic carbocycles. The fraction of sp³-hybridized carbons (Fsp3) is 0.562. The molecule has 0 aliphatic carbocycles. The van der Waals surface area contributed by atoms with Crippen LogP contribution >= 0.6 is 0 Å². The average Bonchev–Trinajstić information content (AvgIpc) is 2.48. The van der Waals surface area contributed by atoms with Gasteiger partial charge in [0.2, 0.25) is 0 Å². The summed E-state index contributed by atoms with van der Waals surface area (Å²) in [5, 5.41) is 0. The number of hydrogen-bond acceptors (Lipinski definition) is 5. The molecule has 1 saturated heterocycles. The number of carbonyl (C=O) groups is 1. The summed E-state index contributed by atoms with van der Waals surface area (Å²) in [6, 6.07) is 7.63. The number of carbonyl (C=O) groups excluding carboxylic acids is 1. The van der Waals surface area contributed by atoms with Crippen molar-refractivity contribution >= 4 is 11.7 Å². The maximum atomic E-state index is 11.6. The van der Waals surface area contributed by atoms with Gasteiger partial charge in [0, 0.05) is 6.04 Å². The molecule has 1 atom stereocenters. The number of piperidine rings is 1. The first-order valence-electron chi connectivity index (χ1n) is 7.50.